The molecule has 2 N–H and O–H groups in total. The first kappa shape index (κ1) is 14.1. The van der Waals surface area contributed by atoms with Gasteiger partial charge in [0.25, 0.3) is 0 Å². The first-order valence-electron chi connectivity index (χ1n) is 5.44. The lowest BCUT2D eigenvalue weighted by atomic mass is 10.4. The zero-order valence-corrected chi connectivity index (χ0v) is 11.2. The van der Waals surface area contributed by atoms with E-state index in [0.717, 1.165) is 0 Å². The van der Waals surface area contributed by atoms with Crippen LogP contribution in [0.4, 0.5) is 0 Å². The topological polar surface area (TPSA) is 88.9 Å². The molecule has 0 saturated carbocycles. The molecule has 1 rings (SSSR count). The van der Waals surface area contributed by atoms with Crippen LogP contribution in [0, 0.1) is 0 Å². The summed E-state index contributed by atoms with van der Waals surface area (Å²) in [5.74, 6) is 0.519. The minimum Gasteiger partial charge on any atom is -0.313 e. The molecule has 7 nitrogen and oxygen atoms in total. The minimum atomic E-state index is -3.27. The van der Waals surface area contributed by atoms with Crippen molar-refractivity contribution in [1.82, 2.24) is 24.8 Å². The first-order chi connectivity index (χ1) is 7.89. The van der Waals surface area contributed by atoms with Crippen molar-refractivity contribution >= 4 is 10.0 Å². The van der Waals surface area contributed by atoms with E-state index in [4.69, 9.17) is 0 Å². The van der Waals surface area contributed by atoms with Crippen LogP contribution in [0.1, 0.15) is 19.7 Å². The molecule has 8 heteroatoms. The molecule has 0 fully saturated rings. The first-order valence-corrected chi connectivity index (χ1v) is 7.09. The van der Waals surface area contributed by atoms with Crippen LogP contribution in [-0.4, -0.2) is 41.5 Å². The van der Waals surface area contributed by atoms with E-state index in [1.807, 2.05) is 13.8 Å². The van der Waals surface area contributed by atoms with E-state index in [-0.39, 0.29) is 18.3 Å². The maximum atomic E-state index is 11.6. The van der Waals surface area contributed by atoms with Gasteiger partial charge in [0.15, 0.2) is 5.82 Å². The Morgan fingerprint density at radius 2 is 2.18 bits per heavy atom. The van der Waals surface area contributed by atoms with Crippen molar-refractivity contribution in [2.24, 2.45) is 7.05 Å². The molecule has 17 heavy (non-hydrogen) atoms. The Balaban J connectivity index is 2.34. The molecule has 0 spiro atoms. The van der Waals surface area contributed by atoms with E-state index >= 15 is 0 Å². The van der Waals surface area contributed by atoms with Crippen molar-refractivity contribution in [3.8, 4) is 0 Å². The van der Waals surface area contributed by atoms with Crippen LogP contribution in [0.25, 0.3) is 0 Å². The second-order valence-electron chi connectivity index (χ2n) is 4.08. The summed E-state index contributed by atoms with van der Waals surface area (Å²) in [6, 6.07) is 0.280. The van der Waals surface area contributed by atoms with E-state index in [2.05, 4.69) is 20.1 Å². The molecule has 0 unspecified atom stereocenters. The van der Waals surface area contributed by atoms with Crippen molar-refractivity contribution in [3.05, 3.63) is 12.2 Å². The fourth-order valence-corrected chi connectivity index (χ4v) is 2.07. The fourth-order valence-electron chi connectivity index (χ4n) is 1.19. The van der Waals surface area contributed by atoms with Gasteiger partial charge in [-0.05, 0) is 0 Å². The molecule has 0 saturated heterocycles. The van der Waals surface area contributed by atoms with Crippen LogP contribution < -0.4 is 10.0 Å². The number of rotatable bonds is 7. The highest BCUT2D eigenvalue weighted by Gasteiger charge is 2.11. The lowest BCUT2D eigenvalue weighted by Crippen LogP contribution is -2.34. The Morgan fingerprint density at radius 1 is 1.47 bits per heavy atom. The molecule has 0 aromatic carbocycles. The van der Waals surface area contributed by atoms with Crippen LogP contribution in [0.3, 0.4) is 0 Å². The zero-order chi connectivity index (χ0) is 12.9. The van der Waals surface area contributed by atoms with Gasteiger partial charge in [-0.15, -0.1) is 0 Å². The van der Waals surface area contributed by atoms with Gasteiger partial charge in [0.1, 0.15) is 6.33 Å². The zero-order valence-electron chi connectivity index (χ0n) is 10.3. The van der Waals surface area contributed by atoms with E-state index in [1.54, 1.807) is 7.05 Å². The Morgan fingerprint density at radius 3 is 2.71 bits per heavy atom. The van der Waals surface area contributed by atoms with Gasteiger partial charge >= 0.3 is 0 Å². The fraction of sp³-hybridized carbons (Fsp3) is 0.778. The SMILES string of the molecule is CC(C)NCCS(=O)(=O)NCc1ncn(C)n1. The summed E-state index contributed by atoms with van der Waals surface area (Å²) in [6.45, 7) is 4.50. The summed E-state index contributed by atoms with van der Waals surface area (Å²) in [7, 11) is -1.53. The summed E-state index contributed by atoms with van der Waals surface area (Å²) in [6.07, 6.45) is 1.53. The molecule has 0 amide bonds. The smallest absolute Gasteiger partial charge is 0.213 e. The molecule has 1 heterocycles. The Kier molecular flexibility index (Phi) is 5.03. The average Bonchev–Trinajstić information content (AvgIpc) is 2.61. The molecule has 1 aromatic heterocycles. The number of aromatic nitrogens is 3. The minimum absolute atomic E-state index is 0.0536. The van der Waals surface area contributed by atoms with Gasteiger partial charge in [-0.3, -0.25) is 4.68 Å². The van der Waals surface area contributed by atoms with Gasteiger partial charge in [-0.1, -0.05) is 13.8 Å². The van der Waals surface area contributed by atoms with Crippen LogP contribution in [0.2, 0.25) is 0 Å². The number of aryl methyl sites for hydroxylation is 1. The van der Waals surface area contributed by atoms with Gasteiger partial charge < -0.3 is 5.32 Å². The van der Waals surface area contributed by atoms with Crippen molar-refractivity contribution < 1.29 is 8.42 Å². The molecule has 0 aliphatic rings. The number of hydrogen-bond donors (Lipinski definition) is 2. The molecular weight excluding hydrogens is 242 g/mol. The summed E-state index contributed by atoms with van der Waals surface area (Å²) in [4.78, 5) is 3.94. The van der Waals surface area contributed by atoms with Crippen LogP contribution in [0.5, 0.6) is 0 Å². The number of sulfonamides is 1. The second-order valence-corrected chi connectivity index (χ2v) is 6.01. The molecule has 0 aliphatic carbocycles. The highest BCUT2D eigenvalue weighted by Crippen LogP contribution is 1.91. The standard InChI is InChI=1S/C9H19N5O2S/c1-8(2)10-4-5-17(15,16)12-6-9-11-7-14(3)13-9/h7-8,10,12H,4-6H2,1-3H3. The largest absolute Gasteiger partial charge is 0.313 e. The lowest BCUT2D eigenvalue weighted by Gasteiger charge is -2.08. The Labute approximate surface area is 102 Å². The van der Waals surface area contributed by atoms with Crippen LogP contribution in [0.15, 0.2) is 6.33 Å². The summed E-state index contributed by atoms with van der Waals surface area (Å²) < 4.78 is 27.1. The van der Waals surface area contributed by atoms with Crippen LogP contribution in [-0.2, 0) is 23.6 Å². The van der Waals surface area contributed by atoms with Gasteiger partial charge in [0.2, 0.25) is 10.0 Å². The van der Waals surface area contributed by atoms with Crippen molar-refractivity contribution in [2.75, 3.05) is 12.3 Å². The molecule has 98 valence electrons. The van der Waals surface area contributed by atoms with Gasteiger partial charge in [-0.25, -0.2) is 18.1 Å². The average molecular weight is 261 g/mol. The van der Waals surface area contributed by atoms with Crippen molar-refractivity contribution in [3.63, 3.8) is 0 Å². The predicted octanol–water partition coefficient (Wildman–Crippen LogP) is -0.767. The molecule has 0 aliphatic heterocycles. The Hall–Kier alpha value is -0.990. The highest BCUT2D eigenvalue weighted by atomic mass is 32.2. The molecule has 0 radical (unpaired) electrons. The third-order valence-electron chi connectivity index (χ3n) is 2.02. The second kappa shape index (κ2) is 6.08. The molecule has 1 aromatic rings. The van der Waals surface area contributed by atoms with E-state index in [1.165, 1.54) is 11.0 Å². The molecule has 0 bridgehead atoms. The predicted molar refractivity (Wildman–Crippen MR) is 64.8 cm³/mol. The lowest BCUT2D eigenvalue weighted by molar-refractivity contribution is 0.564. The number of hydrogen-bond acceptors (Lipinski definition) is 5. The summed E-state index contributed by atoms with van der Waals surface area (Å²) in [5.41, 5.74) is 0. The maximum Gasteiger partial charge on any atom is 0.213 e. The third-order valence-corrected chi connectivity index (χ3v) is 3.35. The van der Waals surface area contributed by atoms with E-state index in [9.17, 15) is 8.42 Å². The highest BCUT2D eigenvalue weighted by molar-refractivity contribution is 7.89. The summed E-state index contributed by atoms with van der Waals surface area (Å²) >= 11 is 0. The maximum absolute atomic E-state index is 11.6. The van der Waals surface area contributed by atoms with Gasteiger partial charge in [-0.2, -0.15) is 5.10 Å². The molecular formula is C9H19N5O2S. The monoisotopic (exact) mass is 261 g/mol. The third kappa shape index (κ3) is 5.76. The van der Waals surface area contributed by atoms with Crippen molar-refractivity contribution in [1.29, 1.82) is 0 Å². The van der Waals surface area contributed by atoms with Crippen molar-refractivity contribution in [2.45, 2.75) is 26.4 Å². The quantitative estimate of drug-likeness (QED) is 0.673. The number of nitrogens with zero attached hydrogens (tertiary/aromatic N) is 3. The normalized spacial score (nSPS) is 12.2. The van der Waals surface area contributed by atoms with E-state index < -0.39 is 10.0 Å². The van der Waals surface area contributed by atoms with Gasteiger partial charge in [0.05, 0.1) is 12.3 Å². The number of nitrogens with one attached hydrogen (secondary N) is 2. The van der Waals surface area contributed by atoms with E-state index in [0.29, 0.717) is 12.4 Å². The summed E-state index contributed by atoms with van der Waals surface area (Å²) in [5, 5.41) is 7.03. The Bertz CT molecular complexity index is 440. The van der Waals surface area contributed by atoms with Crippen LogP contribution >= 0.6 is 0 Å². The van der Waals surface area contributed by atoms with Gasteiger partial charge in [0, 0.05) is 19.6 Å². The molecule has 0 atom stereocenters.